The second kappa shape index (κ2) is 4.82. The minimum atomic E-state index is -0.0851. The lowest BCUT2D eigenvalue weighted by atomic mass is 10.1. The number of rotatable bonds is 2. The number of hydrogen-bond donors (Lipinski definition) is 1. The minimum Gasteiger partial charge on any atom is -0.341 e. The molecule has 0 radical (unpaired) electrons. The van der Waals surface area contributed by atoms with Crippen molar-refractivity contribution in [1.29, 1.82) is 0 Å². The molecule has 0 unspecified atom stereocenters. The third-order valence-corrected chi connectivity index (χ3v) is 4.26. The number of aromatic nitrogens is 1. The van der Waals surface area contributed by atoms with Crippen molar-refractivity contribution in [3.63, 3.8) is 0 Å². The Balaban J connectivity index is 1.75. The van der Waals surface area contributed by atoms with Crippen LogP contribution in [0.4, 0.5) is 5.69 Å². The van der Waals surface area contributed by atoms with Crippen LogP contribution in [0.3, 0.4) is 0 Å². The number of ketones is 1. The highest BCUT2D eigenvalue weighted by Gasteiger charge is 2.29. The summed E-state index contributed by atoms with van der Waals surface area (Å²) in [7, 11) is 0. The molecular formula is C15H12N4OS. The Bertz CT molecular complexity index is 764. The molecule has 6 heteroatoms. The number of carbonyl (C=O) groups excluding carboxylic acids is 1. The highest BCUT2D eigenvalue weighted by molar-refractivity contribution is 7.11. The summed E-state index contributed by atoms with van der Waals surface area (Å²) in [4.78, 5) is 22.9. The number of fused-ring (bicyclic) bond motifs is 3. The van der Waals surface area contributed by atoms with Gasteiger partial charge in [0.2, 0.25) is 5.78 Å². The van der Waals surface area contributed by atoms with Gasteiger partial charge in [-0.2, -0.15) is 0 Å². The maximum atomic E-state index is 12.2. The lowest BCUT2D eigenvalue weighted by Gasteiger charge is -2.31. The van der Waals surface area contributed by atoms with E-state index in [0.717, 1.165) is 36.0 Å². The molecule has 2 aliphatic rings. The Morgan fingerprint density at radius 1 is 1.38 bits per heavy atom. The zero-order chi connectivity index (χ0) is 14.2. The highest BCUT2D eigenvalue weighted by Crippen LogP contribution is 2.29. The van der Waals surface area contributed by atoms with Crippen molar-refractivity contribution in [3.8, 4) is 0 Å². The Labute approximate surface area is 125 Å². The first kappa shape index (κ1) is 12.3. The van der Waals surface area contributed by atoms with Crippen LogP contribution in [-0.4, -0.2) is 34.6 Å². The lowest BCUT2D eigenvalue weighted by molar-refractivity contribution is 0.104. The van der Waals surface area contributed by atoms with Gasteiger partial charge in [-0.25, -0.2) is 4.98 Å². The molecule has 4 rings (SSSR count). The zero-order valence-corrected chi connectivity index (χ0v) is 11.9. The van der Waals surface area contributed by atoms with Gasteiger partial charge in [0, 0.05) is 29.8 Å². The Hall–Kier alpha value is -2.47. The van der Waals surface area contributed by atoms with E-state index >= 15 is 0 Å². The van der Waals surface area contributed by atoms with E-state index < -0.39 is 0 Å². The van der Waals surface area contributed by atoms with Crippen LogP contribution in [0.15, 0.2) is 52.7 Å². The topological polar surface area (TPSA) is 57.6 Å². The molecule has 0 bridgehead atoms. The Morgan fingerprint density at radius 2 is 2.29 bits per heavy atom. The normalized spacial score (nSPS) is 18.0. The predicted molar refractivity (Wildman–Crippen MR) is 82.7 cm³/mol. The van der Waals surface area contributed by atoms with E-state index in [2.05, 4.69) is 15.3 Å². The lowest BCUT2D eigenvalue weighted by Crippen LogP contribution is -2.36. The van der Waals surface area contributed by atoms with E-state index in [1.165, 1.54) is 11.3 Å². The van der Waals surface area contributed by atoms with E-state index in [1.54, 1.807) is 17.7 Å². The largest absolute Gasteiger partial charge is 0.341 e. The Morgan fingerprint density at radius 3 is 3.14 bits per heavy atom. The molecule has 3 heterocycles. The van der Waals surface area contributed by atoms with Crippen molar-refractivity contribution in [3.05, 3.63) is 58.3 Å². The third-order valence-electron chi connectivity index (χ3n) is 3.47. The summed E-state index contributed by atoms with van der Waals surface area (Å²) in [6.45, 7) is 1.53. The van der Waals surface area contributed by atoms with Gasteiger partial charge >= 0.3 is 0 Å². The molecule has 5 nitrogen and oxygen atoms in total. The van der Waals surface area contributed by atoms with Crippen LogP contribution in [0, 0.1) is 0 Å². The molecule has 0 saturated heterocycles. The number of nitrogens with zero attached hydrogens (tertiary/aromatic N) is 3. The van der Waals surface area contributed by atoms with Crippen molar-refractivity contribution in [2.24, 2.45) is 4.99 Å². The average molecular weight is 296 g/mol. The van der Waals surface area contributed by atoms with Gasteiger partial charge in [0.05, 0.1) is 12.2 Å². The summed E-state index contributed by atoms with van der Waals surface area (Å²) in [6, 6.07) is 8.00. The molecule has 21 heavy (non-hydrogen) atoms. The van der Waals surface area contributed by atoms with Crippen LogP contribution >= 0.6 is 11.3 Å². The van der Waals surface area contributed by atoms with E-state index in [-0.39, 0.29) is 5.78 Å². The van der Waals surface area contributed by atoms with Crippen LogP contribution in [0.25, 0.3) is 0 Å². The number of amidine groups is 1. The van der Waals surface area contributed by atoms with Crippen molar-refractivity contribution < 1.29 is 4.79 Å². The van der Waals surface area contributed by atoms with E-state index in [1.807, 2.05) is 29.2 Å². The summed E-state index contributed by atoms with van der Waals surface area (Å²) in [5, 5.41) is 5.63. The molecule has 1 aromatic carbocycles. The number of allylic oxidation sites excluding steroid dienone is 1. The number of hydrogen-bond acceptors (Lipinski definition) is 6. The van der Waals surface area contributed by atoms with Gasteiger partial charge in [-0.3, -0.25) is 9.79 Å². The summed E-state index contributed by atoms with van der Waals surface area (Å²) in [5.74, 6) is 1.62. The predicted octanol–water partition coefficient (Wildman–Crippen LogP) is 2.36. The Kier molecular flexibility index (Phi) is 2.82. The summed E-state index contributed by atoms with van der Waals surface area (Å²) >= 11 is 1.35. The molecule has 0 saturated carbocycles. The fourth-order valence-electron chi connectivity index (χ4n) is 2.55. The van der Waals surface area contributed by atoms with Crippen molar-refractivity contribution >= 4 is 28.6 Å². The molecule has 0 atom stereocenters. The van der Waals surface area contributed by atoms with E-state index in [0.29, 0.717) is 5.01 Å². The first-order chi connectivity index (χ1) is 10.3. The number of para-hydroxylation sites is 1. The molecule has 2 aliphatic heterocycles. The maximum Gasteiger partial charge on any atom is 0.217 e. The first-order valence-corrected chi connectivity index (χ1v) is 7.55. The van der Waals surface area contributed by atoms with Crippen LogP contribution in [-0.2, 0) is 0 Å². The number of carbonyl (C=O) groups is 1. The first-order valence-electron chi connectivity index (χ1n) is 6.67. The van der Waals surface area contributed by atoms with Gasteiger partial charge in [-0.05, 0) is 12.1 Å². The summed E-state index contributed by atoms with van der Waals surface area (Å²) in [6.07, 6.45) is 3.25. The number of benzene rings is 1. The van der Waals surface area contributed by atoms with Crippen molar-refractivity contribution in [1.82, 2.24) is 9.88 Å². The second-order valence-electron chi connectivity index (χ2n) is 4.76. The molecule has 2 aromatic rings. The smallest absolute Gasteiger partial charge is 0.217 e. The van der Waals surface area contributed by atoms with Gasteiger partial charge in [0.15, 0.2) is 5.01 Å². The number of anilines is 1. The minimum absolute atomic E-state index is 0.0851. The van der Waals surface area contributed by atoms with Crippen LogP contribution in [0.2, 0.25) is 0 Å². The summed E-state index contributed by atoms with van der Waals surface area (Å²) in [5.41, 5.74) is 2.06. The quantitative estimate of drug-likeness (QED) is 0.683. The molecule has 0 amide bonds. The van der Waals surface area contributed by atoms with Gasteiger partial charge in [0.25, 0.3) is 0 Å². The SMILES string of the molecule is O=C(C=C1Nc2ccccc2C2=NCCN12)c1nccs1. The zero-order valence-electron chi connectivity index (χ0n) is 11.1. The van der Waals surface area contributed by atoms with Gasteiger partial charge in [-0.15, -0.1) is 11.3 Å². The highest BCUT2D eigenvalue weighted by atomic mass is 32.1. The summed E-state index contributed by atoms with van der Waals surface area (Å²) < 4.78 is 0. The second-order valence-corrected chi connectivity index (χ2v) is 5.65. The van der Waals surface area contributed by atoms with Crippen molar-refractivity contribution in [2.45, 2.75) is 0 Å². The molecule has 1 aromatic heterocycles. The standard InChI is InChI=1S/C15H12N4OS/c20-12(15-17-6-8-21-15)9-13-18-11-4-2-1-3-10(11)14-16-5-7-19(13)14/h1-4,6,8-9,18H,5,7H2. The van der Waals surface area contributed by atoms with Gasteiger partial charge in [0.1, 0.15) is 11.7 Å². The molecule has 0 fully saturated rings. The number of aliphatic imine (C=N–C) groups is 1. The van der Waals surface area contributed by atoms with Crippen LogP contribution in [0.1, 0.15) is 15.4 Å². The van der Waals surface area contributed by atoms with E-state index in [9.17, 15) is 4.79 Å². The average Bonchev–Trinajstić information content (AvgIpc) is 3.19. The monoisotopic (exact) mass is 296 g/mol. The molecule has 0 aliphatic carbocycles. The maximum absolute atomic E-state index is 12.2. The number of thiazole rings is 1. The van der Waals surface area contributed by atoms with Gasteiger partial charge < -0.3 is 10.2 Å². The molecule has 104 valence electrons. The molecule has 0 spiro atoms. The fourth-order valence-corrected chi connectivity index (χ4v) is 3.10. The van der Waals surface area contributed by atoms with E-state index in [4.69, 9.17) is 0 Å². The van der Waals surface area contributed by atoms with Gasteiger partial charge in [-0.1, -0.05) is 12.1 Å². The van der Waals surface area contributed by atoms with Crippen LogP contribution < -0.4 is 5.32 Å². The van der Waals surface area contributed by atoms with Crippen molar-refractivity contribution in [2.75, 3.05) is 18.4 Å². The fraction of sp³-hybridized carbons (Fsp3) is 0.133. The number of nitrogens with one attached hydrogen (secondary N) is 1. The van der Waals surface area contributed by atoms with Crippen LogP contribution in [0.5, 0.6) is 0 Å². The molecular weight excluding hydrogens is 284 g/mol. The third kappa shape index (κ3) is 2.04. The molecule has 1 N–H and O–H groups in total.